The first-order chi connectivity index (χ1) is 15.3. The van der Waals surface area contributed by atoms with Crippen LogP contribution < -0.4 is 16.4 Å². The van der Waals surface area contributed by atoms with Crippen LogP contribution in [0.5, 0.6) is 0 Å². The number of pyridine rings is 1. The second kappa shape index (κ2) is 10.0. The second-order valence-corrected chi connectivity index (χ2v) is 8.23. The third kappa shape index (κ3) is 6.13. The smallest absolute Gasteiger partial charge is 0.255 e. The van der Waals surface area contributed by atoms with Gasteiger partial charge in [0.25, 0.3) is 5.91 Å². The molecule has 3 aromatic rings. The largest absolute Gasteiger partial charge is 0.369 e. The van der Waals surface area contributed by atoms with E-state index in [4.69, 9.17) is 5.73 Å². The fraction of sp³-hybridized carbons (Fsp3) is 0.240. The van der Waals surface area contributed by atoms with Crippen molar-refractivity contribution in [2.75, 3.05) is 18.4 Å². The summed E-state index contributed by atoms with van der Waals surface area (Å²) in [5, 5.41) is 15.5. The molecule has 7 heteroatoms. The maximum absolute atomic E-state index is 13.5. The lowest BCUT2D eigenvalue weighted by Gasteiger charge is -2.20. The summed E-state index contributed by atoms with van der Waals surface area (Å²) in [6, 6.07) is 19.1. The number of nitrogens with zero attached hydrogens (tertiary/aromatic N) is 2. The molecule has 0 atom stereocenters. The molecule has 0 aliphatic rings. The van der Waals surface area contributed by atoms with Gasteiger partial charge in [0.2, 0.25) is 0 Å². The maximum atomic E-state index is 13.5. The van der Waals surface area contributed by atoms with E-state index >= 15 is 0 Å². The van der Waals surface area contributed by atoms with Gasteiger partial charge in [-0.1, -0.05) is 30.3 Å². The van der Waals surface area contributed by atoms with Crippen LogP contribution in [0.2, 0.25) is 0 Å². The maximum Gasteiger partial charge on any atom is 0.255 e. The SMILES string of the molecule is CC(C)(N)CNC(=O)c1ccc(-c2ccccc2C#N)nc1NCCc1cccc(F)c1. The lowest BCUT2D eigenvalue weighted by atomic mass is 10.0. The normalized spacial score (nSPS) is 11.0. The fourth-order valence-electron chi connectivity index (χ4n) is 3.15. The zero-order valence-electron chi connectivity index (χ0n) is 18.2. The first kappa shape index (κ1) is 22.9. The molecular weight excluding hydrogens is 405 g/mol. The Labute approximate surface area is 187 Å². The molecule has 1 amide bonds. The zero-order valence-corrected chi connectivity index (χ0v) is 18.2. The third-order valence-corrected chi connectivity index (χ3v) is 4.76. The predicted molar refractivity (Wildman–Crippen MR) is 124 cm³/mol. The number of anilines is 1. The van der Waals surface area contributed by atoms with E-state index in [1.165, 1.54) is 12.1 Å². The summed E-state index contributed by atoms with van der Waals surface area (Å²) in [6.45, 7) is 4.40. The van der Waals surface area contributed by atoms with E-state index in [1.54, 1.807) is 30.3 Å². The van der Waals surface area contributed by atoms with Gasteiger partial charge in [-0.05, 0) is 56.2 Å². The standard InChI is InChI=1S/C25H26FN5O/c1-25(2,28)16-30-24(32)21-10-11-22(20-9-4-3-7-18(20)15-27)31-23(21)29-13-12-17-6-5-8-19(26)14-17/h3-11,14H,12-13,16,28H2,1-2H3,(H,29,31)(H,30,32). The van der Waals surface area contributed by atoms with Crippen molar-refractivity contribution in [2.24, 2.45) is 5.73 Å². The molecule has 6 nitrogen and oxygen atoms in total. The highest BCUT2D eigenvalue weighted by atomic mass is 19.1. The number of rotatable bonds is 8. The van der Waals surface area contributed by atoms with Crippen molar-refractivity contribution in [2.45, 2.75) is 25.8 Å². The van der Waals surface area contributed by atoms with Gasteiger partial charge in [-0.25, -0.2) is 9.37 Å². The molecule has 0 aliphatic carbocycles. The van der Waals surface area contributed by atoms with Crippen molar-refractivity contribution < 1.29 is 9.18 Å². The molecule has 0 saturated carbocycles. The van der Waals surface area contributed by atoms with Crippen LogP contribution in [0.3, 0.4) is 0 Å². The first-order valence-electron chi connectivity index (χ1n) is 10.3. The Hall–Kier alpha value is -3.76. The van der Waals surface area contributed by atoms with Crippen LogP contribution in [0.1, 0.15) is 35.3 Å². The van der Waals surface area contributed by atoms with Crippen molar-refractivity contribution in [3.05, 3.63) is 83.2 Å². The molecule has 1 aromatic heterocycles. The molecule has 0 spiro atoms. The Morgan fingerprint density at radius 3 is 2.66 bits per heavy atom. The lowest BCUT2D eigenvalue weighted by molar-refractivity contribution is 0.0946. The summed E-state index contributed by atoms with van der Waals surface area (Å²) < 4.78 is 13.5. The summed E-state index contributed by atoms with van der Waals surface area (Å²) in [6.07, 6.45) is 0.551. The summed E-state index contributed by atoms with van der Waals surface area (Å²) >= 11 is 0. The number of carbonyl (C=O) groups is 1. The number of carbonyl (C=O) groups excluding carboxylic acids is 1. The quantitative estimate of drug-likeness (QED) is 0.502. The number of halogens is 1. The van der Waals surface area contributed by atoms with E-state index in [1.807, 2.05) is 32.0 Å². The predicted octanol–water partition coefficient (Wildman–Crippen LogP) is 3.88. The first-order valence-corrected chi connectivity index (χ1v) is 10.3. The van der Waals surface area contributed by atoms with E-state index in [0.29, 0.717) is 47.7 Å². The van der Waals surface area contributed by atoms with Crippen LogP contribution >= 0.6 is 0 Å². The van der Waals surface area contributed by atoms with Gasteiger partial charge in [0.1, 0.15) is 11.6 Å². The molecule has 0 unspecified atom stereocenters. The van der Waals surface area contributed by atoms with Gasteiger partial charge < -0.3 is 16.4 Å². The Bertz CT molecular complexity index is 1150. The van der Waals surface area contributed by atoms with Crippen LogP contribution in [-0.4, -0.2) is 29.5 Å². The van der Waals surface area contributed by atoms with Crippen molar-refractivity contribution >= 4 is 11.7 Å². The highest BCUT2D eigenvalue weighted by Gasteiger charge is 2.18. The Morgan fingerprint density at radius 2 is 1.94 bits per heavy atom. The lowest BCUT2D eigenvalue weighted by Crippen LogP contribution is -2.45. The van der Waals surface area contributed by atoms with Crippen molar-refractivity contribution in [1.29, 1.82) is 5.26 Å². The van der Waals surface area contributed by atoms with Crippen LogP contribution in [0, 0.1) is 17.1 Å². The number of aromatic nitrogens is 1. The minimum absolute atomic E-state index is 0.291. The van der Waals surface area contributed by atoms with E-state index in [-0.39, 0.29) is 11.7 Å². The number of nitrogens with two attached hydrogens (primary N) is 1. The summed E-state index contributed by atoms with van der Waals surface area (Å²) in [7, 11) is 0. The zero-order chi connectivity index (χ0) is 23.1. The van der Waals surface area contributed by atoms with Gasteiger partial charge in [0.15, 0.2) is 0 Å². The summed E-state index contributed by atoms with van der Waals surface area (Å²) in [5.74, 6) is -0.205. The van der Waals surface area contributed by atoms with Gasteiger partial charge in [0.05, 0.1) is 22.9 Å². The summed E-state index contributed by atoms with van der Waals surface area (Å²) in [5.41, 5.74) is 8.37. The number of amides is 1. The Balaban J connectivity index is 1.88. The van der Waals surface area contributed by atoms with E-state index in [2.05, 4.69) is 21.7 Å². The molecule has 32 heavy (non-hydrogen) atoms. The van der Waals surface area contributed by atoms with Crippen molar-refractivity contribution in [3.63, 3.8) is 0 Å². The van der Waals surface area contributed by atoms with E-state index in [9.17, 15) is 14.4 Å². The average Bonchev–Trinajstić information content (AvgIpc) is 2.77. The van der Waals surface area contributed by atoms with Gasteiger partial charge in [-0.15, -0.1) is 0 Å². The molecule has 0 saturated heterocycles. The van der Waals surface area contributed by atoms with Gasteiger partial charge in [-0.3, -0.25) is 4.79 Å². The van der Waals surface area contributed by atoms with Gasteiger partial charge >= 0.3 is 0 Å². The molecule has 0 fully saturated rings. The van der Waals surface area contributed by atoms with Crippen LogP contribution in [0.15, 0.2) is 60.7 Å². The second-order valence-electron chi connectivity index (χ2n) is 8.23. The monoisotopic (exact) mass is 431 g/mol. The summed E-state index contributed by atoms with van der Waals surface area (Å²) in [4.78, 5) is 17.4. The van der Waals surface area contributed by atoms with E-state index in [0.717, 1.165) is 5.56 Å². The number of nitriles is 1. The molecule has 0 radical (unpaired) electrons. The van der Waals surface area contributed by atoms with E-state index < -0.39 is 5.54 Å². The number of hydrogen-bond donors (Lipinski definition) is 3. The fourth-order valence-corrected chi connectivity index (χ4v) is 3.15. The molecule has 0 bridgehead atoms. The number of benzene rings is 2. The highest BCUT2D eigenvalue weighted by molar-refractivity contribution is 5.99. The molecule has 3 rings (SSSR count). The molecule has 164 valence electrons. The third-order valence-electron chi connectivity index (χ3n) is 4.76. The van der Waals surface area contributed by atoms with Gasteiger partial charge in [0, 0.05) is 24.2 Å². The molecule has 1 heterocycles. The molecule has 0 aliphatic heterocycles. The number of hydrogen-bond acceptors (Lipinski definition) is 5. The Kier molecular flexibility index (Phi) is 7.18. The molecular formula is C25H26FN5O. The van der Waals surface area contributed by atoms with Crippen molar-refractivity contribution in [1.82, 2.24) is 10.3 Å². The number of nitrogens with one attached hydrogen (secondary N) is 2. The van der Waals surface area contributed by atoms with Crippen LogP contribution in [0.25, 0.3) is 11.3 Å². The minimum Gasteiger partial charge on any atom is -0.369 e. The van der Waals surface area contributed by atoms with Gasteiger partial charge in [-0.2, -0.15) is 5.26 Å². The highest BCUT2D eigenvalue weighted by Crippen LogP contribution is 2.25. The topological polar surface area (TPSA) is 104 Å². The van der Waals surface area contributed by atoms with Crippen LogP contribution in [0.4, 0.5) is 10.2 Å². The van der Waals surface area contributed by atoms with Crippen LogP contribution in [-0.2, 0) is 6.42 Å². The molecule has 4 N–H and O–H groups in total. The molecule has 2 aromatic carbocycles. The Morgan fingerprint density at radius 1 is 1.16 bits per heavy atom. The average molecular weight is 432 g/mol. The minimum atomic E-state index is -0.556. The van der Waals surface area contributed by atoms with Crippen molar-refractivity contribution in [3.8, 4) is 17.3 Å².